The highest BCUT2D eigenvalue weighted by Crippen LogP contribution is 2.23. The average Bonchev–Trinajstić information content (AvgIpc) is 2.96. The van der Waals surface area contributed by atoms with Gasteiger partial charge in [0.25, 0.3) is 5.56 Å². The van der Waals surface area contributed by atoms with Crippen LogP contribution in [0.15, 0.2) is 52.3 Å². The summed E-state index contributed by atoms with van der Waals surface area (Å²) in [5, 5.41) is 2.99. The third-order valence-electron chi connectivity index (χ3n) is 4.14. The smallest absolute Gasteiger partial charge is 0.280 e. The molecule has 0 bridgehead atoms. The molecule has 0 saturated carbocycles. The summed E-state index contributed by atoms with van der Waals surface area (Å²) < 4.78 is 22.9. The highest BCUT2D eigenvalue weighted by atomic mass is 32.2. The molecule has 0 amide bonds. The monoisotopic (exact) mass is 382 g/mol. The van der Waals surface area contributed by atoms with Crippen molar-refractivity contribution >= 4 is 15.6 Å². The van der Waals surface area contributed by atoms with E-state index in [0.29, 0.717) is 28.3 Å². The minimum Gasteiger partial charge on any atom is -0.293 e. The minimum atomic E-state index is -3.09. The summed E-state index contributed by atoms with van der Waals surface area (Å²) in [7, 11) is 0.0368. The molecule has 0 aliphatic carbocycles. The summed E-state index contributed by atoms with van der Waals surface area (Å²) in [4.78, 5) is 20.7. The normalized spacial score (nSPS) is 13.3. The number of aryl methyl sites for hydroxylation is 1. The first-order chi connectivity index (χ1) is 12.8. The predicted molar refractivity (Wildman–Crippen MR) is 103 cm³/mol. The Morgan fingerprint density at radius 1 is 1.22 bits per heavy atom. The first-order valence-electron chi connectivity index (χ1n) is 7.98. The lowest BCUT2D eigenvalue weighted by atomic mass is 10.1. The number of aromatic nitrogens is 3. The summed E-state index contributed by atoms with van der Waals surface area (Å²) in [6.07, 6.45) is 1.34. The Bertz CT molecular complexity index is 1180. The van der Waals surface area contributed by atoms with Crippen molar-refractivity contribution in [2.24, 2.45) is 0 Å². The van der Waals surface area contributed by atoms with E-state index in [2.05, 4.69) is 14.9 Å². The van der Waals surface area contributed by atoms with Gasteiger partial charge in [-0.25, -0.2) is 27.8 Å². The summed E-state index contributed by atoms with van der Waals surface area (Å²) in [5.41, 5.74) is 2.10. The van der Waals surface area contributed by atoms with Gasteiger partial charge in [-0.05, 0) is 24.6 Å². The van der Waals surface area contributed by atoms with Crippen molar-refractivity contribution in [3.63, 3.8) is 0 Å². The molecule has 0 saturated heterocycles. The highest BCUT2D eigenvalue weighted by molar-refractivity contribution is 7.90. The van der Waals surface area contributed by atoms with E-state index in [-0.39, 0.29) is 10.5 Å². The van der Waals surface area contributed by atoms with Crippen molar-refractivity contribution in [3.05, 3.63) is 70.1 Å². The Balaban J connectivity index is 2.04. The Kier molecular flexibility index (Phi) is 4.70. The fraction of sp³-hybridized carbons (Fsp3) is 0.167. The van der Waals surface area contributed by atoms with Gasteiger partial charge in [0.2, 0.25) is 0 Å². The van der Waals surface area contributed by atoms with E-state index in [4.69, 9.17) is 11.4 Å². The van der Waals surface area contributed by atoms with Gasteiger partial charge in [0.15, 0.2) is 11.5 Å². The topological polar surface area (TPSA) is 99.2 Å². The van der Waals surface area contributed by atoms with Crippen LogP contribution in [-0.2, 0) is 9.92 Å². The van der Waals surface area contributed by atoms with E-state index < -0.39 is 9.92 Å². The molecule has 9 heteroatoms. The molecule has 138 valence electrons. The molecule has 1 atom stereocenters. The lowest BCUT2D eigenvalue weighted by molar-refractivity contribution is 0.588. The first-order valence-corrected chi connectivity index (χ1v) is 9.49. The molecule has 8 nitrogen and oxygen atoms in total. The van der Waals surface area contributed by atoms with E-state index in [1.165, 1.54) is 21.3 Å². The lowest BCUT2D eigenvalue weighted by Crippen LogP contribution is -2.21. The van der Waals surface area contributed by atoms with Gasteiger partial charge in [-0.3, -0.25) is 9.89 Å². The lowest BCUT2D eigenvalue weighted by Gasteiger charge is -2.14. The molecule has 0 fully saturated rings. The second-order valence-corrected chi connectivity index (χ2v) is 8.35. The fourth-order valence-corrected chi connectivity index (χ4v) is 3.50. The van der Waals surface area contributed by atoms with Crippen molar-refractivity contribution in [2.75, 3.05) is 14.1 Å². The number of benzene rings is 1. The molecular formula is C18H18N6O2S. The van der Waals surface area contributed by atoms with Crippen molar-refractivity contribution in [2.45, 2.75) is 11.8 Å². The van der Waals surface area contributed by atoms with Gasteiger partial charge in [-0.2, -0.15) is 0 Å². The van der Waals surface area contributed by atoms with E-state index in [9.17, 15) is 9.00 Å². The molecule has 2 N–H and O–H groups in total. The van der Waals surface area contributed by atoms with Gasteiger partial charge < -0.3 is 0 Å². The van der Waals surface area contributed by atoms with Crippen LogP contribution in [0, 0.1) is 18.3 Å². The van der Waals surface area contributed by atoms with Crippen molar-refractivity contribution in [1.82, 2.24) is 19.1 Å². The Morgan fingerprint density at radius 2 is 1.89 bits per heavy atom. The first kappa shape index (κ1) is 18.6. The number of nitrogens with one attached hydrogen (secondary N) is 2. The number of aromatic amines is 1. The Hall–Kier alpha value is -3.22. The molecule has 0 unspecified atom stereocenters. The summed E-state index contributed by atoms with van der Waals surface area (Å²) >= 11 is 0. The molecule has 3 rings (SSSR count). The third-order valence-corrected chi connectivity index (χ3v) is 6.05. The van der Waals surface area contributed by atoms with Crippen LogP contribution in [-0.4, -0.2) is 37.4 Å². The second kappa shape index (κ2) is 6.83. The van der Waals surface area contributed by atoms with E-state index in [0.717, 1.165) is 0 Å². The molecule has 1 aromatic carbocycles. The molecule has 0 aliphatic rings. The summed E-state index contributed by atoms with van der Waals surface area (Å²) in [6.45, 7) is 8.80. The van der Waals surface area contributed by atoms with Crippen molar-refractivity contribution < 1.29 is 4.21 Å². The van der Waals surface area contributed by atoms with Crippen LogP contribution in [0.25, 0.3) is 21.8 Å². The molecular weight excluding hydrogens is 364 g/mol. The number of rotatable bonds is 4. The SMILES string of the molecule is [C-]#[N+]c1ccc(-c2c(C)[nH]n(-c3ccc([S@@](=N)(=O)N(C)C)cn3)c2=O)cc1. The van der Waals surface area contributed by atoms with Crippen LogP contribution in [0.5, 0.6) is 0 Å². The largest absolute Gasteiger partial charge is 0.293 e. The Morgan fingerprint density at radius 3 is 2.41 bits per heavy atom. The Labute approximate surface area is 157 Å². The quantitative estimate of drug-likeness (QED) is 0.679. The van der Waals surface area contributed by atoms with Gasteiger partial charge in [0, 0.05) is 26.0 Å². The predicted octanol–water partition coefficient (Wildman–Crippen LogP) is 2.97. The van der Waals surface area contributed by atoms with Crippen LogP contribution in [0.1, 0.15) is 5.69 Å². The van der Waals surface area contributed by atoms with Crippen molar-refractivity contribution in [3.8, 4) is 16.9 Å². The standard InChI is InChI=1S/C18H18N6O2S/c1-12-17(13-5-7-14(20-2)8-6-13)18(25)24(22-12)16-10-9-15(11-21-16)27(19,26)23(3)4/h5-11,19,22H,1,3-4H3/t27-/m0/s1. The van der Waals surface area contributed by atoms with Crippen LogP contribution in [0.4, 0.5) is 5.69 Å². The highest BCUT2D eigenvalue weighted by Gasteiger charge is 2.17. The molecule has 0 spiro atoms. The second-order valence-electron chi connectivity index (χ2n) is 6.10. The average molecular weight is 382 g/mol. The molecule has 0 aliphatic heterocycles. The zero-order chi connectivity index (χ0) is 19.8. The van der Waals surface area contributed by atoms with E-state index >= 15 is 0 Å². The number of hydrogen-bond acceptors (Lipinski definition) is 4. The summed E-state index contributed by atoms with van der Waals surface area (Å²) in [6, 6.07) is 9.88. The van der Waals surface area contributed by atoms with E-state index in [1.807, 2.05) is 0 Å². The maximum absolute atomic E-state index is 12.9. The molecule has 27 heavy (non-hydrogen) atoms. The van der Waals surface area contributed by atoms with Crippen LogP contribution in [0.3, 0.4) is 0 Å². The van der Waals surface area contributed by atoms with Crippen LogP contribution in [0.2, 0.25) is 0 Å². The zero-order valence-electron chi connectivity index (χ0n) is 15.1. The van der Waals surface area contributed by atoms with Crippen molar-refractivity contribution in [1.29, 1.82) is 4.78 Å². The van der Waals surface area contributed by atoms with Crippen LogP contribution >= 0.6 is 0 Å². The number of nitrogens with zero attached hydrogens (tertiary/aromatic N) is 4. The van der Waals surface area contributed by atoms with Gasteiger partial charge in [0.05, 0.1) is 17.0 Å². The van der Waals surface area contributed by atoms with Gasteiger partial charge in [-0.1, -0.05) is 24.3 Å². The zero-order valence-corrected chi connectivity index (χ0v) is 15.9. The minimum absolute atomic E-state index is 0.266. The maximum Gasteiger partial charge on any atom is 0.280 e. The summed E-state index contributed by atoms with van der Waals surface area (Å²) in [5.74, 6) is 0.338. The van der Waals surface area contributed by atoms with Gasteiger partial charge >= 0.3 is 0 Å². The van der Waals surface area contributed by atoms with Crippen LogP contribution < -0.4 is 5.56 Å². The molecule has 2 heterocycles. The molecule has 3 aromatic rings. The maximum atomic E-state index is 12.9. The van der Waals surface area contributed by atoms with Gasteiger partial charge in [-0.15, -0.1) is 0 Å². The number of H-pyrrole nitrogens is 1. The number of pyridine rings is 1. The molecule has 2 aromatic heterocycles. The molecule has 0 radical (unpaired) electrons. The number of hydrogen-bond donors (Lipinski definition) is 2. The van der Waals surface area contributed by atoms with Gasteiger partial charge in [0.1, 0.15) is 9.92 Å². The van der Waals surface area contributed by atoms with E-state index in [1.54, 1.807) is 51.4 Å². The fourth-order valence-electron chi connectivity index (χ4n) is 2.63. The third kappa shape index (κ3) is 3.28.